The first kappa shape index (κ1) is 21.6. The van der Waals surface area contributed by atoms with Crippen molar-refractivity contribution in [2.75, 3.05) is 44.5 Å². The van der Waals surface area contributed by atoms with Crippen molar-refractivity contribution in [2.24, 2.45) is 0 Å². The van der Waals surface area contributed by atoms with Gasteiger partial charge in [0, 0.05) is 37.6 Å². The molecule has 0 radical (unpaired) electrons. The molecule has 1 heterocycles. The van der Waals surface area contributed by atoms with Gasteiger partial charge >= 0.3 is 0 Å². The van der Waals surface area contributed by atoms with Crippen LogP contribution < -0.4 is 4.90 Å². The van der Waals surface area contributed by atoms with Crippen LogP contribution >= 0.6 is 11.8 Å². The van der Waals surface area contributed by atoms with Crippen molar-refractivity contribution >= 4 is 33.2 Å². The number of nitro groups is 1. The quantitative estimate of drug-likeness (QED) is 0.373. The van der Waals surface area contributed by atoms with Crippen LogP contribution in [0.5, 0.6) is 0 Å². The SMILES string of the molecule is CSc1ccc(CN(C)c2ccc(S(=O)(=O)N3CCOCC3)cc2[N+](=O)[O-])cc1. The molecule has 0 unspecified atom stereocenters. The summed E-state index contributed by atoms with van der Waals surface area (Å²) in [5.41, 5.74) is 1.14. The molecule has 8 nitrogen and oxygen atoms in total. The third-order valence-corrected chi connectivity index (χ3v) is 7.38. The Morgan fingerprint density at radius 2 is 1.83 bits per heavy atom. The van der Waals surface area contributed by atoms with E-state index in [1.807, 2.05) is 30.5 Å². The zero-order valence-corrected chi connectivity index (χ0v) is 17.9. The largest absolute Gasteiger partial charge is 0.379 e. The molecule has 0 N–H and O–H groups in total. The predicted molar refractivity (Wildman–Crippen MR) is 113 cm³/mol. The molecule has 0 saturated carbocycles. The van der Waals surface area contributed by atoms with Crippen molar-refractivity contribution in [3.8, 4) is 0 Å². The van der Waals surface area contributed by atoms with Crippen LogP contribution in [0, 0.1) is 10.1 Å². The molecule has 1 aliphatic heterocycles. The lowest BCUT2D eigenvalue weighted by Gasteiger charge is -2.26. The van der Waals surface area contributed by atoms with Gasteiger partial charge in [0.2, 0.25) is 10.0 Å². The van der Waals surface area contributed by atoms with Gasteiger partial charge in [-0.05, 0) is 36.1 Å². The minimum absolute atomic E-state index is 0.0763. The van der Waals surface area contributed by atoms with Crippen molar-refractivity contribution in [2.45, 2.75) is 16.3 Å². The van der Waals surface area contributed by atoms with Crippen molar-refractivity contribution < 1.29 is 18.1 Å². The van der Waals surface area contributed by atoms with Crippen molar-refractivity contribution in [1.29, 1.82) is 0 Å². The third kappa shape index (κ3) is 4.89. The molecular formula is C19H23N3O5S2. The number of morpholine rings is 1. The minimum Gasteiger partial charge on any atom is -0.379 e. The lowest BCUT2D eigenvalue weighted by atomic mass is 10.2. The predicted octanol–water partition coefficient (Wildman–Crippen LogP) is 2.97. The maximum Gasteiger partial charge on any atom is 0.293 e. The maximum absolute atomic E-state index is 12.8. The summed E-state index contributed by atoms with van der Waals surface area (Å²) in [5, 5.41) is 11.7. The van der Waals surface area contributed by atoms with Crippen LogP contribution in [0.4, 0.5) is 11.4 Å². The molecule has 0 atom stereocenters. The van der Waals surface area contributed by atoms with E-state index >= 15 is 0 Å². The summed E-state index contributed by atoms with van der Waals surface area (Å²) in [6.07, 6.45) is 2.00. The van der Waals surface area contributed by atoms with Gasteiger partial charge in [0.15, 0.2) is 0 Å². The summed E-state index contributed by atoms with van der Waals surface area (Å²) in [7, 11) is -2.05. The van der Waals surface area contributed by atoms with Gasteiger partial charge in [-0.2, -0.15) is 4.31 Å². The van der Waals surface area contributed by atoms with E-state index < -0.39 is 14.9 Å². The molecule has 0 aliphatic carbocycles. The van der Waals surface area contributed by atoms with E-state index in [0.29, 0.717) is 25.4 Å². The highest BCUT2D eigenvalue weighted by molar-refractivity contribution is 7.98. The van der Waals surface area contributed by atoms with Gasteiger partial charge in [0.05, 0.1) is 23.0 Å². The van der Waals surface area contributed by atoms with Gasteiger partial charge < -0.3 is 9.64 Å². The van der Waals surface area contributed by atoms with Crippen LogP contribution in [0.25, 0.3) is 0 Å². The average molecular weight is 438 g/mol. The molecule has 2 aromatic carbocycles. The molecule has 10 heteroatoms. The zero-order valence-electron chi connectivity index (χ0n) is 16.3. The van der Waals surface area contributed by atoms with Crippen molar-refractivity contribution in [1.82, 2.24) is 4.31 Å². The molecule has 3 rings (SSSR count). The highest BCUT2D eigenvalue weighted by Crippen LogP contribution is 2.32. The zero-order chi connectivity index (χ0) is 21.0. The van der Waals surface area contributed by atoms with E-state index in [-0.39, 0.29) is 23.7 Å². The van der Waals surface area contributed by atoms with Crippen LogP contribution in [0.3, 0.4) is 0 Å². The molecule has 1 fully saturated rings. The molecule has 156 valence electrons. The first-order chi connectivity index (χ1) is 13.8. The van der Waals surface area contributed by atoms with Crippen LogP contribution in [0.1, 0.15) is 5.56 Å². The fraction of sp³-hybridized carbons (Fsp3) is 0.368. The van der Waals surface area contributed by atoms with Gasteiger partial charge in [-0.1, -0.05) is 12.1 Å². The molecule has 1 aliphatic rings. The second-order valence-electron chi connectivity index (χ2n) is 6.63. The summed E-state index contributed by atoms with van der Waals surface area (Å²) in [6, 6.07) is 12.0. The Labute approximate surface area is 174 Å². The number of anilines is 1. The van der Waals surface area contributed by atoms with E-state index in [2.05, 4.69) is 0 Å². The fourth-order valence-corrected chi connectivity index (χ4v) is 5.00. The summed E-state index contributed by atoms with van der Waals surface area (Å²) >= 11 is 1.64. The molecule has 0 aromatic heterocycles. The van der Waals surface area contributed by atoms with E-state index in [9.17, 15) is 18.5 Å². The molecule has 0 amide bonds. The summed E-state index contributed by atoms with van der Waals surface area (Å²) in [4.78, 5) is 13.9. The highest BCUT2D eigenvalue weighted by Gasteiger charge is 2.29. The number of sulfonamides is 1. The van der Waals surface area contributed by atoms with E-state index in [0.717, 1.165) is 16.5 Å². The minimum atomic E-state index is -3.80. The molecule has 0 spiro atoms. The van der Waals surface area contributed by atoms with Crippen LogP contribution in [-0.2, 0) is 21.3 Å². The molecule has 1 saturated heterocycles. The Morgan fingerprint density at radius 3 is 2.41 bits per heavy atom. The number of hydrogen-bond donors (Lipinski definition) is 0. The second-order valence-corrected chi connectivity index (χ2v) is 9.45. The van der Waals surface area contributed by atoms with Crippen molar-refractivity contribution in [3.63, 3.8) is 0 Å². The Balaban J connectivity index is 1.88. The summed E-state index contributed by atoms with van der Waals surface area (Å²) in [5.74, 6) is 0. The normalized spacial score (nSPS) is 15.2. The number of nitrogens with zero attached hydrogens (tertiary/aromatic N) is 3. The lowest BCUT2D eigenvalue weighted by molar-refractivity contribution is -0.384. The van der Waals surface area contributed by atoms with Gasteiger partial charge in [0.25, 0.3) is 5.69 Å². The van der Waals surface area contributed by atoms with Gasteiger partial charge in [-0.15, -0.1) is 11.8 Å². The Hall–Kier alpha value is -2.14. The number of ether oxygens (including phenoxy) is 1. The summed E-state index contributed by atoms with van der Waals surface area (Å²) in [6.45, 7) is 1.58. The maximum atomic E-state index is 12.8. The number of thioether (sulfide) groups is 1. The molecular weight excluding hydrogens is 414 g/mol. The van der Waals surface area contributed by atoms with E-state index in [1.165, 1.54) is 16.4 Å². The fourth-order valence-electron chi connectivity index (χ4n) is 3.16. The van der Waals surface area contributed by atoms with Crippen LogP contribution in [0.2, 0.25) is 0 Å². The van der Waals surface area contributed by atoms with Crippen molar-refractivity contribution in [3.05, 3.63) is 58.1 Å². The molecule has 29 heavy (non-hydrogen) atoms. The Bertz CT molecular complexity index is 974. The van der Waals surface area contributed by atoms with Crippen LogP contribution in [-0.4, -0.2) is 57.3 Å². The van der Waals surface area contributed by atoms with E-state index in [1.54, 1.807) is 23.7 Å². The first-order valence-corrected chi connectivity index (χ1v) is 11.7. The Kier molecular flexibility index (Phi) is 6.78. The Morgan fingerprint density at radius 1 is 1.17 bits per heavy atom. The topological polar surface area (TPSA) is 93.0 Å². The second kappa shape index (κ2) is 9.12. The van der Waals surface area contributed by atoms with Gasteiger partial charge in [-0.3, -0.25) is 10.1 Å². The highest BCUT2D eigenvalue weighted by atomic mass is 32.2. The standard InChI is InChI=1S/C19H23N3O5S2/c1-20(14-15-3-5-16(28-2)6-4-15)18-8-7-17(13-19(18)22(23)24)29(25,26)21-9-11-27-12-10-21/h3-8,13H,9-12,14H2,1-2H3. The molecule has 0 bridgehead atoms. The lowest BCUT2D eigenvalue weighted by Crippen LogP contribution is -2.40. The number of hydrogen-bond acceptors (Lipinski definition) is 7. The first-order valence-electron chi connectivity index (χ1n) is 9.03. The number of rotatable bonds is 7. The molecule has 2 aromatic rings. The average Bonchev–Trinajstić information content (AvgIpc) is 2.74. The number of nitro benzene ring substituents is 1. The smallest absolute Gasteiger partial charge is 0.293 e. The third-order valence-electron chi connectivity index (χ3n) is 4.74. The number of benzene rings is 2. The van der Waals surface area contributed by atoms with Gasteiger partial charge in [-0.25, -0.2) is 8.42 Å². The monoisotopic (exact) mass is 437 g/mol. The summed E-state index contributed by atoms with van der Waals surface area (Å²) < 4.78 is 32.1. The van der Waals surface area contributed by atoms with Gasteiger partial charge in [0.1, 0.15) is 5.69 Å². The van der Waals surface area contributed by atoms with Crippen LogP contribution in [0.15, 0.2) is 52.3 Å². The van der Waals surface area contributed by atoms with E-state index in [4.69, 9.17) is 4.74 Å².